The highest BCUT2D eigenvalue weighted by Gasteiger charge is 2.20. The Labute approximate surface area is 513 Å². The van der Waals surface area contributed by atoms with E-state index in [9.17, 15) is 14.4 Å². The predicted octanol–water partition coefficient (Wildman–Crippen LogP) is 25.7. The Hall–Kier alpha value is -2.11. The number of hydrogen-bond donors (Lipinski definition) is 0. The molecule has 0 amide bonds. The zero-order valence-corrected chi connectivity index (χ0v) is 55.8. The second kappa shape index (κ2) is 71.4. The summed E-state index contributed by atoms with van der Waals surface area (Å²) in [4.78, 5) is 38.3. The summed E-state index contributed by atoms with van der Waals surface area (Å²) in [5, 5.41) is 0. The first kappa shape index (κ1) is 79.9. The summed E-state index contributed by atoms with van der Waals surface area (Å²) in [6.07, 6.45) is 88.2. The molecule has 0 saturated heterocycles. The van der Waals surface area contributed by atoms with Crippen LogP contribution in [0.25, 0.3) is 0 Å². The Morgan fingerprint density at radius 3 is 0.671 bits per heavy atom. The average molecular weight is 1150 g/mol. The molecule has 0 bridgehead atoms. The van der Waals surface area contributed by atoms with Gasteiger partial charge in [-0.25, -0.2) is 0 Å². The molecule has 0 aromatic heterocycles. The molecule has 484 valence electrons. The largest absolute Gasteiger partial charge is 0.462 e. The highest BCUT2D eigenvalue weighted by atomic mass is 16.6. The van der Waals surface area contributed by atoms with E-state index in [4.69, 9.17) is 14.2 Å². The Balaban J connectivity index is 4.05. The number of allylic oxidation sites excluding steroid dienone is 4. The van der Waals surface area contributed by atoms with Crippen molar-refractivity contribution in [3.63, 3.8) is 0 Å². The fourth-order valence-corrected chi connectivity index (χ4v) is 11.6. The number of unbranched alkanes of at least 4 members (excludes halogenated alkanes) is 55. The van der Waals surface area contributed by atoms with Crippen LogP contribution in [-0.4, -0.2) is 37.2 Å². The molecular formula is C76H144O6. The van der Waals surface area contributed by atoms with Gasteiger partial charge in [-0.05, 0) is 51.4 Å². The van der Waals surface area contributed by atoms with Crippen molar-refractivity contribution >= 4 is 17.9 Å². The van der Waals surface area contributed by atoms with Crippen molar-refractivity contribution in [2.24, 2.45) is 0 Å². The molecule has 0 rings (SSSR count). The van der Waals surface area contributed by atoms with Crippen molar-refractivity contribution in [3.05, 3.63) is 24.3 Å². The maximum atomic E-state index is 12.9. The van der Waals surface area contributed by atoms with Crippen LogP contribution in [0, 0.1) is 0 Å². The first-order chi connectivity index (χ1) is 40.5. The Morgan fingerprint density at radius 1 is 0.244 bits per heavy atom. The summed E-state index contributed by atoms with van der Waals surface area (Å²) in [7, 11) is 0. The van der Waals surface area contributed by atoms with Gasteiger partial charge in [-0.3, -0.25) is 14.4 Å². The van der Waals surface area contributed by atoms with E-state index in [1.165, 1.54) is 321 Å². The van der Waals surface area contributed by atoms with Gasteiger partial charge < -0.3 is 14.2 Å². The van der Waals surface area contributed by atoms with E-state index in [0.717, 1.165) is 64.2 Å². The lowest BCUT2D eigenvalue weighted by Crippen LogP contribution is -2.30. The van der Waals surface area contributed by atoms with E-state index >= 15 is 0 Å². The van der Waals surface area contributed by atoms with Crippen LogP contribution in [0.4, 0.5) is 0 Å². The normalized spacial score (nSPS) is 12.1. The van der Waals surface area contributed by atoms with Crippen LogP contribution in [0.2, 0.25) is 0 Å². The minimum atomic E-state index is -0.767. The number of esters is 3. The maximum Gasteiger partial charge on any atom is 0.306 e. The quantitative estimate of drug-likeness (QED) is 0.0261. The van der Waals surface area contributed by atoms with E-state index in [2.05, 4.69) is 45.1 Å². The molecule has 0 heterocycles. The fraction of sp³-hybridized carbons (Fsp3) is 0.908. The predicted molar refractivity (Wildman–Crippen MR) is 358 cm³/mol. The number of carbonyl (C=O) groups excluding carboxylic acids is 3. The van der Waals surface area contributed by atoms with Crippen LogP contribution in [0.3, 0.4) is 0 Å². The zero-order valence-electron chi connectivity index (χ0n) is 55.8. The van der Waals surface area contributed by atoms with Crippen molar-refractivity contribution in [1.82, 2.24) is 0 Å². The molecule has 0 saturated carbocycles. The van der Waals surface area contributed by atoms with Gasteiger partial charge in [0.2, 0.25) is 0 Å². The summed E-state index contributed by atoms with van der Waals surface area (Å²) in [5.41, 5.74) is 0. The third-order valence-corrected chi connectivity index (χ3v) is 17.2. The molecule has 0 aliphatic heterocycles. The first-order valence-corrected chi connectivity index (χ1v) is 37.3. The van der Waals surface area contributed by atoms with Crippen molar-refractivity contribution in [3.8, 4) is 0 Å². The number of carbonyl (C=O) groups is 3. The number of rotatable bonds is 70. The summed E-state index contributed by atoms with van der Waals surface area (Å²) in [6.45, 7) is 6.69. The SMILES string of the molecule is CCCCCCC/C=C\C/C=C\CCCCCCCCCCCCCCCC(=O)OC(COC(=O)CCCCCCCCCCC)COC(=O)CCCCCCCCCCCCCCCCCCCCCCCCCCCCCCCC. The van der Waals surface area contributed by atoms with Gasteiger partial charge >= 0.3 is 17.9 Å². The highest BCUT2D eigenvalue weighted by molar-refractivity contribution is 5.71. The van der Waals surface area contributed by atoms with Gasteiger partial charge in [0, 0.05) is 19.3 Å². The second-order valence-corrected chi connectivity index (χ2v) is 25.6. The molecule has 1 unspecified atom stereocenters. The van der Waals surface area contributed by atoms with Crippen LogP contribution in [0.15, 0.2) is 24.3 Å². The van der Waals surface area contributed by atoms with Gasteiger partial charge in [0.1, 0.15) is 13.2 Å². The van der Waals surface area contributed by atoms with Gasteiger partial charge in [-0.1, -0.05) is 379 Å². The van der Waals surface area contributed by atoms with Crippen LogP contribution in [-0.2, 0) is 28.6 Å². The Morgan fingerprint density at radius 2 is 0.439 bits per heavy atom. The fourth-order valence-electron chi connectivity index (χ4n) is 11.6. The lowest BCUT2D eigenvalue weighted by Gasteiger charge is -2.18. The molecule has 0 aliphatic rings. The Kier molecular flexibility index (Phi) is 69.5. The molecule has 0 aromatic rings. The van der Waals surface area contributed by atoms with Gasteiger partial charge in [-0.2, -0.15) is 0 Å². The van der Waals surface area contributed by atoms with Gasteiger partial charge in [0.05, 0.1) is 0 Å². The zero-order chi connectivity index (χ0) is 59.2. The van der Waals surface area contributed by atoms with E-state index < -0.39 is 6.10 Å². The molecule has 0 N–H and O–H groups in total. The van der Waals surface area contributed by atoms with Crippen LogP contribution in [0.5, 0.6) is 0 Å². The summed E-state index contributed by atoms with van der Waals surface area (Å²) in [5.74, 6) is -0.836. The van der Waals surface area contributed by atoms with E-state index in [1.807, 2.05) is 0 Å². The van der Waals surface area contributed by atoms with Gasteiger partial charge in [-0.15, -0.1) is 0 Å². The van der Waals surface area contributed by atoms with Crippen LogP contribution in [0.1, 0.15) is 425 Å². The minimum Gasteiger partial charge on any atom is -0.462 e. The van der Waals surface area contributed by atoms with Gasteiger partial charge in [0.15, 0.2) is 6.10 Å². The number of hydrogen-bond acceptors (Lipinski definition) is 6. The molecule has 0 aromatic carbocycles. The highest BCUT2D eigenvalue weighted by Crippen LogP contribution is 2.19. The third kappa shape index (κ3) is 68.7. The molecule has 82 heavy (non-hydrogen) atoms. The lowest BCUT2D eigenvalue weighted by molar-refractivity contribution is -0.167. The summed E-state index contributed by atoms with van der Waals surface area (Å²) in [6, 6.07) is 0. The molecule has 0 spiro atoms. The molecule has 0 aliphatic carbocycles. The van der Waals surface area contributed by atoms with Crippen LogP contribution >= 0.6 is 0 Å². The standard InChI is InChI=1S/C76H144O6/c1-4-7-10-13-16-19-21-23-25-27-29-31-33-35-36-37-38-39-41-42-44-46-48-50-52-54-57-60-63-66-69-75(78)81-72-73(71-80-74(77)68-65-62-59-56-18-15-12-9-6-3)82-76(79)70-67-64-61-58-55-53-51-49-47-45-43-40-34-32-30-28-26-24-22-20-17-14-11-8-5-2/h22,24,28,30,73H,4-21,23,25-27,29,31-72H2,1-3H3/b24-22-,30-28-. The first-order valence-electron chi connectivity index (χ1n) is 37.3. The topological polar surface area (TPSA) is 78.9 Å². The second-order valence-electron chi connectivity index (χ2n) is 25.6. The monoisotopic (exact) mass is 1150 g/mol. The summed E-state index contributed by atoms with van der Waals surface area (Å²) < 4.78 is 17.0. The van der Waals surface area contributed by atoms with E-state index in [1.54, 1.807) is 0 Å². The Bertz CT molecular complexity index is 1320. The third-order valence-electron chi connectivity index (χ3n) is 17.2. The molecule has 0 radical (unpaired) electrons. The van der Waals surface area contributed by atoms with Crippen molar-refractivity contribution in [2.45, 2.75) is 431 Å². The minimum absolute atomic E-state index is 0.0648. The summed E-state index contributed by atoms with van der Waals surface area (Å²) >= 11 is 0. The molecule has 1 atom stereocenters. The number of ether oxygens (including phenoxy) is 3. The van der Waals surface area contributed by atoms with Crippen LogP contribution < -0.4 is 0 Å². The molecule has 6 heteroatoms. The molecule has 0 fully saturated rings. The molecule has 6 nitrogen and oxygen atoms in total. The average Bonchev–Trinajstić information content (AvgIpc) is 3.48. The smallest absolute Gasteiger partial charge is 0.306 e. The van der Waals surface area contributed by atoms with E-state index in [0.29, 0.717) is 19.3 Å². The van der Waals surface area contributed by atoms with Crippen molar-refractivity contribution in [2.75, 3.05) is 13.2 Å². The lowest BCUT2D eigenvalue weighted by atomic mass is 10.0. The van der Waals surface area contributed by atoms with Gasteiger partial charge in [0.25, 0.3) is 0 Å². The molecular weight excluding hydrogens is 1010 g/mol. The van der Waals surface area contributed by atoms with E-state index in [-0.39, 0.29) is 31.1 Å². The van der Waals surface area contributed by atoms with Crippen molar-refractivity contribution < 1.29 is 28.6 Å². The van der Waals surface area contributed by atoms with Crippen molar-refractivity contribution in [1.29, 1.82) is 0 Å². The maximum absolute atomic E-state index is 12.9.